The molecule has 0 unspecified atom stereocenters. The van der Waals surface area contributed by atoms with Gasteiger partial charge >= 0.3 is 5.69 Å². The molecule has 3 aromatic rings. The minimum Gasteiger partial charge on any atom is -0.309 e. The van der Waals surface area contributed by atoms with E-state index in [9.17, 15) is 9.59 Å². The number of halogens is 1. The van der Waals surface area contributed by atoms with E-state index in [1.54, 1.807) is 42.5 Å². The molecule has 0 aliphatic heterocycles. The minimum atomic E-state index is -0.486. The molecule has 0 saturated carbocycles. The van der Waals surface area contributed by atoms with E-state index in [0.717, 1.165) is 0 Å². The molecule has 1 N–H and O–H groups in total. The van der Waals surface area contributed by atoms with E-state index in [-0.39, 0.29) is 12.2 Å². The van der Waals surface area contributed by atoms with Gasteiger partial charge in [-0.3, -0.25) is 4.79 Å². The van der Waals surface area contributed by atoms with E-state index in [4.69, 9.17) is 11.6 Å². The molecule has 0 radical (unpaired) electrons. The number of Topliss-reactive ketones (excluding diaryl/α,β-unsaturated/α-hetero) is 1. The molecule has 0 fully saturated rings. The summed E-state index contributed by atoms with van der Waals surface area (Å²) >= 11 is 6.17. The first-order valence-corrected chi connectivity index (χ1v) is 6.78. The molecule has 0 aliphatic rings. The van der Waals surface area contributed by atoms with Crippen LogP contribution in [0.5, 0.6) is 0 Å². The number of aromatic nitrogens is 2. The van der Waals surface area contributed by atoms with Crippen LogP contribution in [0.15, 0.2) is 53.3 Å². The maximum atomic E-state index is 12.3. The molecular weight excluding hydrogens is 288 g/mol. The Morgan fingerprint density at radius 2 is 1.86 bits per heavy atom. The summed E-state index contributed by atoms with van der Waals surface area (Å²) in [5.41, 5.74) is 1.09. The molecule has 5 heteroatoms. The van der Waals surface area contributed by atoms with Crippen LogP contribution in [0.2, 0.25) is 5.02 Å². The summed E-state index contributed by atoms with van der Waals surface area (Å²) in [7, 11) is 0. The number of nitrogens with one attached hydrogen (secondary N) is 1. The van der Waals surface area contributed by atoms with E-state index in [0.29, 0.717) is 27.2 Å². The van der Waals surface area contributed by atoms with Gasteiger partial charge in [0.05, 0.1) is 17.0 Å². The fraction of sp³-hybridized carbons (Fsp3) is 0.0625. The third-order valence-corrected chi connectivity index (χ3v) is 3.52. The zero-order valence-electron chi connectivity index (χ0n) is 11.0. The van der Waals surface area contributed by atoms with Crippen molar-refractivity contribution >= 4 is 28.3 Å². The van der Waals surface area contributed by atoms with Gasteiger partial charge < -0.3 is 4.98 Å². The lowest BCUT2D eigenvalue weighted by Crippen LogP contribution is -2.16. The molecule has 0 saturated heterocycles. The summed E-state index contributed by atoms with van der Waals surface area (Å²) < 4.78 is 0. The van der Waals surface area contributed by atoms with Gasteiger partial charge in [-0.15, -0.1) is 0 Å². The number of hydrogen-bond acceptors (Lipinski definition) is 3. The standard InChI is InChI=1S/C16H11ClN2O2/c17-11-7-4-8-12-15(11)13(19-16(21)18-12)9-14(20)10-5-2-1-3-6-10/h1-8H,9H2,(H,18,19,21). The number of H-pyrrole nitrogens is 1. The van der Waals surface area contributed by atoms with Gasteiger partial charge in [0.1, 0.15) is 0 Å². The van der Waals surface area contributed by atoms with Crippen molar-refractivity contribution in [2.45, 2.75) is 6.42 Å². The molecule has 0 aliphatic carbocycles. The van der Waals surface area contributed by atoms with Crippen LogP contribution in [0.1, 0.15) is 16.1 Å². The van der Waals surface area contributed by atoms with Crippen LogP contribution in [-0.4, -0.2) is 15.8 Å². The molecule has 0 atom stereocenters. The summed E-state index contributed by atoms with van der Waals surface area (Å²) in [5.74, 6) is -0.0846. The number of fused-ring (bicyclic) bond motifs is 1. The lowest BCUT2D eigenvalue weighted by molar-refractivity contribution is 0.0992. The molecule has 0 spiro atoms. The number of rotatable bonds is 3. The largest absolute Gasteiger partial charge is 0.345 e. The lowest BCUT2D eigenvalue weighted by atomic mass is 10.0. The Labute approximate surface area is 125 Å². The maximum absolute atomic E-state index is 12.3. The van der Waals surface area contributed by atoms with E-state index in [1.807, 2.05) is 6.07 Å². The molecule has 3 rings (SSSR count). The van der Waals surface area contributed by atoms with E-state index in [2.05, 4.69) is 9.97 Å². The van der Waals surface area contributed by atoms with Crippen LogP contribution < -0.4 is 5.69 Å². The first-order valence-electron chi connectivity index (χ1n) is 6.41. The van der Waals surface area contributed by atoms with Crippen molar-refractivity contribution < 1.29 is 4.79 Å². The second-order valence-electron chi connectivity index (χ2n) is 4.62. The van der Waals surface area contributed by atoms with Crippen molar-refractivity contribution in [1.82, 2.24) is 9.97 Å². The SMILES string of the molecule is O=C(Cc1[nH]c(=O)nc2cccc(Cl)c12)c1ccccc1. The van der Waals surface area contributed by atoms with E-state index < -0.39 is 5.69 Å². The fourth-order valence-electron chi connectivity index (χ4n) is 2.25. The number of aromatic amines is 1. The average molecular weight is 299 g/mol. The topological polar surface area (TPSA) is 62.8 Å². The van der Waals surface area contributed by atoms with Crippen LogP contribution in [-0.2, 0) is 6.42 Å². The van der Waals surface area contributed by atoms with Crippen LogP contribution in [0.25, 0.3) is 10.9 Å². The number of nitrogens with zero attached hydrogens (tertiary/aromatic N) is 1. The van der Waals surface area contributed by atoms with Crippen molar-refractivity contribution in [3.63, 3.8) is 0 Å². The number of carbonyl (C=O) groups is 1. The Hall–Kier alpha value is -2.46. The fourth-order valence-corrected chi connectivity index (χ4v) is 2.54. The maximum Gasteiger partial charge on any atom is 0.345 e. The summed E-state index contributed by atoms with van der Waals surface area (Å²) in [5, 5.41) is 1.08. The highest BCUT2D eigenvalue weighted by molar-refractivity contribution is 6.35. The highest BCUT2D eigenvalue weighted by atomic mass is 35.5. The van der Waals surface area contributed by atoms with Crippen LogP contribution in [0, 0.1) is 0 Å². The second kappa shape index (κ2) is 5.50. The van der Waals surface area contributed by atoms with Gasteiger partial charge in [-0.25, -0.2) is 4.79 Å². The Morgan fingerprint density at radius 1 is 1.10 bits per heavy atom. The van der Waals surface area contributed by atoms with Gasteiger partial charge in [-0.05, 0) is 12.1 Å². The highest BCUT2D eigenvalue weighted by Crippen LogP contribution is 2.24. The monoisotopic (exact) mass is 298 g/mol. The molecule has 1 aromatic heterocycles. The summed E-state index contributed by atoms with van der Waals surface area (Å²) in [6, 6.07) is 14.1. The average Bonchev–Trinajstić information content (AvgIpc) is 2.47. The van der Waals surface area contributed by atoms with Crippen LogP contribution in [0.4, 0.5) is 0 Å². The van der Waals surface area contributed by atoms with Crippen molar-refractivity contribution in [1.29, 1.82) is 0 Å². The predicted molar refractivity (Wildman–Crippen MR) is 81.9 cm³/mol. The third kappa shape index (κ3) is 2.71. The summed E-state index contributed by atoms with van der Waals surface area (Å²) in [6.07, 6.45) is 0.0714. The summed E-state index contributed by atoms with van der Waals surface area (Å²) in [6.45, 7) is 0. The minimum absolute atomic E-state index is 0.0714. The second-order valence-corrected chi connectivity index (χ2v) is 5.03. The van der Waals surface area contributed by atoms with Gasteiger partial charge in [0.15, 0.2) is 5.78 Å². The molecular formula is C16H11ClN2O2. The van der Waals surface area contributed by atoms with Crippen molar-refractivity contribution in [2.24, 2.45) is 0 Å². The Bertz CT molecular complexity index is 872. The van der Waals surface area contributed by atoms with Gasteiger partial charge in [-0.1, -0.05) is 48.0 Å². The zero-order chi connectivity index (χ0) is 14.8. The smallest absolute Gasteiger partial charge is 0.309 e. The third-order valence-electron chi connectivity index (χ3n) is 3.21. The van der Waals surface area contributed by atoms with Crippen molar-refractivity contribution in [3.05, 3.63) is 75.3 Å². The quantitative estimate of drug-likeness (QED) is 0.756. The number of ketones is 1. The Kier molecular flexibility index (Phi) is 3.54. The summed E-state index contributed by atoms with van der Waals surface area (Å²) in [4.78, 5) is 30.4. The van der Waals surface area contributed by atoms with Crippen LogP contribution in [0.3, 0.4) is 0 Å². The Balaban J connectivity index is 2.09. The number of benzene rings is 2. The van der Waals surface area contributed by atoms with E-state index in [1.165, 1.54) is 0 Å². The van der Waals surface area contributed by atoms with Gasteiger partial charge in [-0.2, -0.15) is 4.98 Å². The molecule has 2 aromatic carbocycles. The molecule has 1 heterocycles. The number of hydrogen-bond donors (Lipinski definition) is 1. The predicted octanol–water partition coefficient (Wildman–Crippen LogP) is 3.00. The first-order chi connectivity index (χ1) is 10.1. The van der Waals surface area contributed by atoms with Crippen LogP contribution >= 0.6 is 11.6 Å². The molecule has 0 amide bonds. The number of carbonyl (C=O) groups excluding carboxylic acids is 1. The molecule has 21 heavy (non-hydrogen) atoms. The molecule has 104 valence electrons. The normalized spacial score (nSPS) is 10.7. The van der Waals surface area contributed by atoms with Gasteiger partial charge in [0.25, 0.3) is 0 Å². The van der Waals surface area contributed by atoms with Gasteiger partial charge in [0, 0.05) is 16.6 Å². The van der Waals surface area contributed by atoms with Crippen molar-refractivity contribution in [3.8, 4) is 0 Å². The Morgan fingerprint density at radius 3 is 2.62 bits per heavy atom. The first kappa shape index (κ1) is 13.5. The van der Waals surface area contributed by atoms with E-state index >= 15 is 0 Å². The molecule has 4 nitrogen and oxygen atoms in total. The molecule has 0 bridgehead atoms. The zero-order valence-corrected chi connectivity index (χ0v) is 11.7. The van der Waals surface area contributed by atoms with Crippen molar-refractivity contribution in [2.75, 3.05) is 0 Å². The van der Waals surface area contributed by atoms with Gasteiger partial charge in [0.2, 0.25) is 0 Å². The highest BCUT2D eigenvalue weighted by Gasteiger charge is 2.13. The lowest BCUT2D eigenvalue weighted by Gasteiger charge is -2.07.